The molecule has 150 valence electrons. The molecular formula is C11H16O13S2. The molecule has 0 aromatic heterocycles. The second kappa shape index (κ2) is 7.89. The molecule has 4 atom stereocenters. The molecule has 15 heteroatoms. The van der Waals surface area contributed by atoms with Gasteiger partial charge in [-0.15, -0.1) is 0 Å². The van der Waals surface area contributed by atoms with Gasteiger partial charge in [0.25, 0.3) is 0 Å². The molecule has 0 aliphatic carbocycles. The Kier molecular flexibility index (Phi) is 5.97. The summed E-state index contributed by atoms with van der Waals surface area (Å²) in [4.78, 5) is 11.3. The molecule has 3 aliphatic rings. The zero-order valence-electron chi connectivity index (χ0n) is 13.2. The zero-order chi connectivity index (χ0) is 18.8. The van der Waals surface area contributed by atoms with Crippen molar-refractivity contribution in [1.29, 1.82) is 0 Å². The third-order valence-electron chi connectivity index (χ3n) is 3.39. The molecule has 3 fully saturated rings. The van der Waals surface area contributed by atoms with E-state index in [1.165, 1.54) is 0 Å². The van der Waals surface area contributed by atoms with Gasteiger partial charge in [0.2, 0.25) is 0 Å². The Morgan fingerprint density at radius 1 is 0.769 bits per heavy atom. The summed E-state index contributed by atoms with van der Waals surface area (Å²) in [5, 5.41) is 0. The normalized spacial score (nSPS) is 35.3. The lowest BCUT2D eigenvalue weighted by atomic mass is 10.2. The first-order valence-corrected chi connectivity index (χ1v) is 10.1. The minimum Gasteiger partial charge on any atom is -0.424 e. The Morgan fingerprint density at radius 2 is 1.19 bits per heavy atom. The summed E-state index contributed by atoms with van der Waals surface area (Å²) in [6.07, 6.45) is -4.04. The summed E-state index contributed by atoms with van der Waals surface area (Å²) in [5.74, 6) is 0. The smallest absolute Gasteiger partial charge is 0.424 e. The van der Waals surface area contributed by atoms with E-state index in [9.17, 15) is 21.6 Å². The summed E-state index contributed by atoms with van der Waals surface area (Å²) >= 11 is 0. The van der Waals surface area contributed by atoms with Crippen LogP contribution in [-0.4, -0.2) is 87.0 Å². The van der Waals surface area contributed by atoms with Gasteiger partial charge in [0.15, 0.2) is 12.2 Å². The van der Waals surface area contributed by atoms with E-state index in [1.54, 1.807) is 0 Å². The van der Waals surface area contributed by atoms with Gasteiger partial charge < -0.3 is 18.9 Å². The highest BCUT2D eigenvalue weighted by molar-refractivity contribution is 7.82. The summed E-state index contributed by atoms with van der Waals surface area (Å²) in [7, 11) is -7.94. The molecular weight excluding hydrogens is 404 g/mol. The van der Waals surface area contributed by atoms with E-state index in [4.69, 9.17) is 18.9 Å². The van der Waals surface area contributed by atoms with E-state index in [1.807, 2.05) is 0 Å². The van der Waals surface area contributed by atoms with Gasteiger partial charge in [-0.1, -0.05) is 0 Å². The lowest BCUT2D eigenvalue weighted by Crippen LogP contribution is -2.34. The number of rotatable bonds is 8. The SMILES string of the molecule is O=C1OC(COCC2COS(=O)(=O)O2)C(COCC2COS(=O)(=O)O2)O1. The lowest BCUT2D eigenvalue weighted by Gasteiger charge is -2.17. The maximum absolute atomic E-state index is 11.3. The quantitative estimate of drug-likeness (QED) is 0.407. The summed E-state index contributed by atoms with van der Waals surface area (Å²) in [6.45, 7) is -0.684. The fraction of sp³-hybridized carbons (Fsp3) is 0.909. The molecule has 3 heterocycles. The third kappa shape index (κ3) is 5.46. The van der Waals surface area contributed by atoms with Crippen LogP contribution in [0, 0.1) is 0 Å². The van der Waals surface area contributed by atoms with Crippen LogP contribution in [0.1, 0.15) is 0 Å². The van der Waals surface area contributed by atoms with Crippen LogP contribution in [0.4, 0.5) is 4.79 Å². The van der Waals surface area contributed by atoms with Crippen molar-refractivity contribution in [2.24, 2.45) is 0 Å². The van der Waals surface area contributed by atoms with Crippen LogP contribution in [0.15, 0.2) is 0 Å². The van der Waals surface area contributed by atoms with Crippen LogP contribution in [0.2, 0.25) is 0 Å². The van der Waals surface area contributed by atoms with Gasteiger partial charge in [0.05, 0.1) is 39.6 Å². The molecule has 0 aromatic carbocycles. The van der Waals surface area contributed by atoms with Crippen molar-refractivity contribution in [3.63, 3.8) is 0 Å². The topological polar surface area (TPSA) is 159 Å². The molecule has 0 amide bonds. The largest absolute Gasteiger partial charge is 0.509 e. The van der Waals surface area contributed by atoms with Crippen LogP contribution in [0.25, 0.3) is 0 Å². The first-order chi connectivity index (χ1) is 12.2. The van der Waals surface area contributed by atoms with Gasteiger partial charge in [0, 0.05) is 0 Å². The maximum Gasteiger partial charge on any atom is 0.509 e. The molecule has 4 unspecified atom stereocenters. The minimum atomic E-state index is -3.97. The summed E-state index contributed by atoms with van der Waals surface area (Å²) < 4.78 is 82.2. The van der Waals surface area contributed by atoms with Gasteiger partial charge in [-0.25, -0.2) is 21.5 Å². The van der Waals surface area contributed by atoms with E-state index in [2.05, 4.69) is 16.7 Å². The van der Waals surface area contributed by atoms with E-state index >= 15 is 0 Å². The molecule has 0 radical (unpaired) electrons. The monoisotopic (exact) mass is 420 g/mol. The van der Waals surface area contributed by atoms with Crippen molar-refractivity contribution >= 4 is 27.0 Å². The average molecular weight is 420 g/mol. The first kappa shape index (κ1) is 19.7. The lowest BCUT2D eigenvalue weighted by molar-refractivity contribution is -0.0285. The molecule has 26 heavy (non-hydrogen) atoms. The number of carbonyl (C=O) groups is 1. The Balaban J connectivity index is 1.37. The van der Waals surface area contributed by atoms with Crippen molar-refractivity contribution in [3.8, 4) is 0 Å². The molecule has 3 rings (SSSR count). The predicted molar refractivity (Wildman–Crippen MR) is 76.3 cm³/mol. The van der Waals surface area contributed by atoms with Crippen LogP contribution in [0.3, 0.4) is 0 Å². The molecule has 0 saturated carbocycles. The molecule has 0 bridgehead atoms. The minimum absolute atomic E-state index is 0.0862. The fourth-order valence-corrected chi connectivity index (χ4v) is 3.89. The predicted octanol–water partition coefficient (Wildman–Crippen LogP) is -1.76. The second-order valence-electron chi connectivity index (χ2n) is 5.46. The number of hydrogen-bond acceptors (Lipinski definition) is 13. The number of carbonyl (C=O) groups excluding carboxylic acids is 1. The first-order valence-electron chi connectivity index (χ1n) is 7.40. The van der Waals surface area contributed by atoms with Crippen LogP contribution in [-0.2, 0) is 56.5 Å². The molecule has 3 saturated heterocycles. The zero-order valence-corrected chi connectivity index (χ0v) is 14.8. The summed E-state index contributed by atoms with van der Waals surface area (Å²) in [5.41, 5.74) is 0. The molecule has 0 N–H and O–H groups in total. The van der Waals surface area contributed by atoms with Crippen molar-refractivity contribution in [2.75, 3.05) is 39.6 Å². The van der Waals surface area contributed by atoms with Crippen molar-refractivity contribution in [3.05, 3.63) is 0 Å². The van der Waals surface area contributed by atoms with Crippen molar-refractivity contribution in [1.82, 2.24) is 0 Å². The van der Waals surface area contributed by atoms with Gasteiger partial charge in [0.1, 0.15) is 12.2 Å². The highest BCUT2D eigenvalue weighted by Crippen LogP contribution is 2.19. The number of hydrogen-bond donors (Lipinski definition) is 0. The van der Waals surface area contributed by atoms with E-state index in [0.717, 1.165) is 0 Å². The number of cyclic esters (lactones) is 2. The van der Waals surface area contributed by atoms with E-state index in [0.29, 0.717) is 0 Å². The van der Waals surface area contributed by atoms with Crippen molar-refractivity contribution in [2.45, 2.75) is 24.4 Å². The highest BCUT2D eigenvalue weighted by atomic mass is 32.3. The van der Waals surface area contributed by atoms with E-state index < -0.39 is 51.4 Å². The fourth-order valence-electron chi connectivity index (χ4n) is 2.26. The second-order valence-corrected chi connectivity index (χ2v) is 7.95. The van der Waals surface area contributed by atoms with Crippen LogP contribution in [0.5, 0.6) is 0 Å². The van der Waals surface area contributed by atoms with Gasteiger partial charge in [-0.05, 0) is 0 Å². The molecule has 13 nitrogen and oxygen atoms in total. The Bertz CT molecular complexity index is 656. The number of ether oxygens (including phenoxy) is 4. The third-order valence-corrected chi connectivity index (χ3v) is 5.25. The molecule has 3 aliphatic heterocycles. The Labute approximate surface area is 149 Å². The van der Waals surface area contributed by atoms with Crippen LogP contribution >= 0.6 is 0 Å². The summed E-state index contributed by atoms with van der Waals surface area (Å²) in [6, 6.07) is 0. The molecule has 0 aromatic rings. The van der Waals surface area contributed by atoms with Crippen molar-refractivity contribution < 1.29 is 57.3 Å². The maximum atomic E-state index is 11.3. The molecule has 0 spiro atoms. The average Bonchev–Trinajstić information content (AvgIpc) is 3.17. The standard InChI is InChI=1S/C11H16O13S2/c12-11-21-9(5-17-1-7-3-19-25(13,14)23-7)10(22-11)6-18-2-8-4-20-26(15,16)24-8/h7-10H,1-6H2. The Hall–Kier alpha value is -1.07. The van der Waals surface area contributed by atoms with Crippen LogP contribution < -0.4 is 0 Å². The highest BCUT2D eigenvalue weighted by Gasteiger charge is 2.38. The Morgan fingerprint density at radius 3 is 1.54 bits per heavy atom. The van der Waals surface area contributed by atoms with Gasteiger partial charge >= 0.3 is 27.0 Å². The van der Waals surface area contributed by atoms with Gasteiger partial charge in [-0.3, -0.25) is 0 Å². The van der Waals surface area contributed by atoms with E-state index in [-0.39, 0.29) is 39.6 Å². The van der Waals surface area contributed by atoms with Gasteiger partial charge in [-0.2, -0.15) is 16.8 Å².